The first-order valence-electron chi connectivity index (χ1n) is 9.08. The third kappa shape index (κ3) is 3.72. The zero-order chi connectivity index (χ0) is 19.4. The van der Waals surface area contributed by atoms with Crippen molar-refractivity contribution in [3.63, 3.8) is 0 Å². The third-order valence-corrected chi connectivity index (χ3v) is 5.28. The normalized spacial score (nSPS) is 15.4. The molecular formula is C22H23FO4. The van der Waals surface area contributed by atoms with Crippen molar-refractivity contribution < 1.29 is 23.5 Å². The van der Waals surface area contributed by atoms with Gasteiger partial charge in [0.15, 0.2) is 5.78 Å². The summed E-state index contributed by atoms with van der Waals surface area (Å²) in [6.07, 6.45) is 2.84. The SMILES string of the molecule is COc1ccc(C(C)=O)cc1COC(=O)C1(c2ccccc2F)CCCC1. The van der Waals surface area contributed by atoms with E-state index in [2.05, 4.69) is 0 Å². The van der Waals surface area contributed by atoms with Crippen molar-refractivity contribution in [1.82, 2.24) is 0 Å². The molecule has 0 N–H and O–H groups in total. The van der Waals surface area contributed by atoms with Crippen molar-refractivity contribution in [2.75, 3.05) is 7.11 Å². The second-order valence-electron chi connectivity index (χ2n) is 6.93. The summed E-state index contributed by atoms with van der Waals surface area (Å²) in [6.45, 7) is 1.45. The summed E-state index contributed by atoms with van der Waals surface area (Å²) in [5.74, 6) is -0.351. The molecule has 1 aliphatic rings. The molecular weight excluding hydrogens is 347 g/mol. The fourth-order valence-electron chi connectivity index (χ4n) is 3.80. The molecule has 0 heterocycles. The molecule has 142 valence electrons. The number of carbonyl (C=O) groups excluding carboxylic acids is 2. The Morgan fingerprint density at radius 2 is 1.81 bits per heavy atom. The lowest BCUT2D eigenvalue weighted by Crippen LogP contribution is -2.35. The standard InChI is InChI=1S/C22H23FO4/c1-15(24)16-9-10-20(26-2)17(13-16)14-27-21(25)22(11-5-6-12-22)18-7-3-4-8-19(18)23/h3-4,7-10,13H,5-6,11-12,14H2,1-2H3. The highest BCUT2D eigenvalue weighted by molar-refractivity contribution is 5.94. The van der Waals surface area contributed by atoms with Crippen LogP contribution in [0, 0.1) is 5.82 Å². The maximum absolute atomic E-state index is 14.4. The van der Waals surface area contributed by atoms with Crippen LogP contribution in [-0.4, -0.2) is 18.9 Å². The molecule has 0 aliphatic heterocycles. The summed E-state index contributed by atoms with van der Waals surface area (Å²) in [4.78, 5) is 24.6. The van der Waals surface area contributed by atoms with Crippen LogP contribution in [0.1, 0.15) is 54.1 Å². The molecule has 5 heteroatoms. The fraction of sp³-hybridized carbons (Fsp3) is 0.364. The molecule has 1 aliphatic carbocycles. The zero-order valence-electron chi connectivity index (χ0n) is 15.6. The van der Waals surface area contributed by atoms with Gasteiger partial charge in [0, 0.05) is 16.7 Å². The van der Waals surface area contributed by atoms with Gasteiger partial charge < -0.3 is 9.47 Å². The van der Waals surface area contributed by atoms with Gasteiger partial charge in [-0.3, -0.25) is 9.59 Å². The molecule has 3 rings (SSSR count). The molecule has 1 fully saturated rings. The Labute approximate surface area is 158 Å². The first-order chi connectivity index (χ1) is 13.0. The summed E-state index contributed by atoms with van der Waals surface area (Å²) in [7, 11) is 1.52. The monoisotopic (exact) mass is 370 g/mol. The topological polar surface area (TPSA) is 52.6 Å². The number of carbonyl (C=O) groups is 2. The zero-order valence-corrected chi connectivity index (χ0v) is 15.6. The fourth-order valence-corrected chi connectivity index (χ4v) is 3.80. The van der Waals surface area contributed by atoms with Crippen molar-refractivity contribution in [3.05, 3.63) is 65.0 Å². The Morgan fingerprint density at radius 3 is 2.44 bits per heavy atom. The quantitative estimate of drug-likeness (QED) is 0.551. The van der Waals surface area contributed by atoms with Gasteiger partial charge in [0.1, 0.15) is 18.2 Å². The Kier molecular flexibility index (Phi) is 5.59. The van der Waals surface area contributed by atoms with Gasteiger partial charge in [0.25, 0.3) is 0 Å². The van der Waals surface area contributed by atoms with Crippen LogP contribution >= 0.6 is 0 Å². The number of halogens is 1. The van der Waals surface area contributed by atoms with Gasteiger partial charge in [-0.2, -0.15) is 0 Å². The molecule has 0 bridgehead atoms. The number of esters is 1. The highest BCUT2D eigenvalue weighted by atomic mass is 19.1. The molecule has 0 radical (unpaired) electrons. The van der Waals surface area contributed by atoms with Crippen LogP contribution in [0.4, 0.5) is 4.39 Å². The van der Waals surface area contributed by atoms with Crippen molar-refractivity contribution in [1.29, 1.82) is 0 Å². The van der Waals surface area contributed by atoms with E-state index in [1.165, 1.54) is 20.1 Å². The first-order valence-corrected chi connectivity index (χ1v) is 9.08. The number of ether oxygens (including phenoxy) is 2. The van der Waals surface area contributed by atoms with E-state index in [9.17, 15) is 14.0 Å². The van der Waals surface area contributed by atoms with Crippen molar-refractivity contribution in [2.45, 2.75) is 44.6 Å². The molecule has 2 aromatic rings. The summed E-state index contributed by atoms with van der Waals surface area (Å²) >= 11 is 0. The van der Waals surface area contributed by atoms with Crippen LogP contribution in [0.5, 0.6) is 5.75 Å². The van der Waals surface area contributed by atoms with Gasteiger partial charge in [-0.1, -0.05) is 31.0 Å². The van der Waals surface area contributed by atoms with E-state index >= 15 is 0 Å². The maximum atomic E-state index is 14.4. The van der Waals surface area contributed by atoms with Crippen molar-refractivity contribution in [3.8, 4) is 5.75 Å². The Hall–Kier alpha value is -2.69. The predicted octanol–water partition coefficient (Wildman–Crippen LogP) is 4.59. The maximum Gasteiger partial charge on any atom is 0.317 e. The number of ketones is 1. The summed E-state index contributed by atoms with van der Waals surface area (Å²) in [5.41, 5.74) is 0.584. The molecule has 0 unspecified atom stereocenters. The van der Waals surface area contributed by atoms with E-state index in [1.807, 2.05) is 0 Å². The van der Waals surface area contributed by atoms with E-state index in [0.29, 0.717) is 35.3 Å². The lowest BCUT2D eigenvalue weighted by atomic mass is 9.78. The van der Waals surface area contributed by atoms with Crippen LogP contribution in [0.2, 0.25) is 0 Å². The molecule has 0 spiro atoms. The second-order valence-corrected chi connectivity index (χ2v) is 6.93. The largest absolute Gasteiger partial charge is 0.496 e. The van der Waals surface area contributed by atoms with Gasteiger partial charge in [0.05, 0.1) is 12.5 Å². The van der Waals surface area contributed by atoms with Gasteiger partial charge in [-0.15, -0.1) is 0 Å². The van der Waals surface area contributed by atoms with Crippen LogP contribution < -0.4 is 4.74 Å². The second kappa shape index (κ2) is 7.91. The smallest absolute Gasteiger partial charge is 0.317 e. The van der Waals surface area contributed by atoms with Gasteiger partial charge in [0.2, 0.25) is 0 Å². The number of rotatable bonds is 6. The van der Waals surface area contributed by atoms with E-state index in [4.69, 9.17) is 9.47 Å². The van der Waals surface area contributed by atoms with Crippen LogP contribution in [-0.2, 0) is 21.6 Å². The van der Waals surface area contributed by atoms with Crippen LogP contribution in [0.15, 0.2) is 42.5 Å². The number of hydrogen-bond acceptors (Lipinski definition) is 4. The third-order valence-electron chi connectivity index (χ3n) is 5.28. The predicted molar refractivity (Wildman–Crippen MR) is 99.3 cm³/mol. The number of methoxy groups -OCH3 is 1. The number of Topliss-reactive ketones (excluding diaryl/α,β-unsaturated/α-hetero) is 1. The Balaban J connectivity index is 1.85. The van der Waals surface area contributed by atoms with Crippen LogP contribution in [0.3, 0.4) is 0 Å². The lowest BCUT2D eigenvalue weighted by Gasteiger charge is -2.27. The average Bonchev–Trinajstić information content (AvgIpc) is 3.17. The minimum absolute atomic E-state index is 0.0284. The number of hydrogen-bond donors (Lipinski definition) is 0. The summed E-state index contributed by atoms with van der Waals surface area (Å²) in [6, 6.07) is 11.4. The molecule has 27 heavy (non-hydrogen) atoms. The van der Waals surface area contributed by atoms with E-state index in [1.54, 1.807) is 36.4 Å². The Bertz CT molecular complexity index is 853. The minimum atomic E-state index is -0.948. The summed E-state index contributed by atoms with van der Waals surface area (Å²) in [5, 5.41) is 0. The van der Waals surface area contributed by atoms with E-state index in [0.717, 1.165) is 12.8 Å². The van der Waals surface area contributed by atoms with Gasteiger partial charge >= 0.3 is 5.97 Å². The van der Waals surface area contributed by atoms with Gasteiger partial charge in [-0.25, -0.2) is 4.39 Å². The van der Waals surface area contributed by atoms with Crippen LogP contribution in [0.25, 0.3) is 0 Å². The minimum Gasteiger partial charge on any atom is -0.496 e. The first kappa shape index (κ1) is 19.1. The van der Waals surface area contributed by atoms with Gasteiger partial charge in [-0.05, 0) is 44.0 Å². The molecule has 0 aromatic heterocycles. The average molecular weight is 370 g/mol. The highest BCUT2D eigenvalue weighted by Crippen LogP contribution is 2.43. The Morgan fingerprint density at radius 1 is 1.11 bits per heavy atom. The molecule has 0 amide bonds. The molecule has 4 nitrogen and oxygen atoms in total. The summed E-state index contributed by atoms with van der Waals surface area (Å²) < 4.78 is 25.3. The van der Waals surface area contributed by atoms with E-state index < -0.39 is 11.4 Å². The van der Waals surface area contributed by atoms with Crippen molar-refractivity contribution in [2.24, 2.45) is 0 Å². The highest BCUT2D eigenvalue weighted by Gasteiger charge is 2.45. The molecule has 2 aromatic carbocycles. The molecule has 0 atom stereocenters. The lowest BCUT2D eigenvalue weighted by molar-refractivity contribution is -0.152. The molecule has 0 saturated heterocycles. The molecule has 1 saturated carbocycles. The van der Waals surface area contributed by atoms with E-state index in [-0.39, 0.29) is 18.2 Å². The number of benzene rings is 2. The van der Waals surface area contributed by atoms with Crippen molar-refractivity contribution >= 4 is 11.8 Å².